The van der Waals surface area contributed by atoms with Crippen LogP contribution in [0.25, 0.3) is 11.0 Å². The molecule has 0 saturated carbocycles. The van der Waals surface area contributed by atoms with Crippen LogP contribution in [0.3, 0.4) is 0 Å². The van der Waals surface area contributed by atoms with Gasteiger partial charge in [0.2, 0.25) is 0 Å². The lowest BCUT2D eigenvalue weighted by Gasteiger charge is -2.17. The van der Waals surface area contributed by atoms with Crippen LogP contribution in [0.2, 0.25) is 0 Å². The molecule has 0 aromatic carbocycles. The first-order chi connectivity index (χ1) is 10.5. The van der Waals surface area contributed by atoms with E-state index in [0.717, 1.165) is 0 Å². The fourth-order valence-corrected chi connectivity index (χ4v) is 2.76. The predicted molar refractivity (Wildman–Crippen MR) is 75.6 cm³/mol. The molecule has 3 rings (SSSR count). The first kappa shape index (κ1) is 15.1. The second kappa shape index (κ2) is 5.45. The van der Waals surface area contributed by atoms with Crippen molar-refractivity contribution in [1.29, 1.82) is 0 Å². The van der Waals surface area contributed by atoms with E-state index in [2.05, 4.69) is 9.97 Å². The lowest BCUT2D eigenvalue weighted by atomic mass is 10.1. The zero-order valence-corrected chi connectivity index (χ0v) is 11.9. The number of aliphatic hydroxyl groups is 4. The Morgan fingerprint density at radius 1 is 1.36 bits per heavy atom. The number of anilines is 1. The van der Waals surface area contributed by atoms with Crippen LogP contribution in [0.15, 0.2) is 12.5 Å². The molecule has 0 amide bonds. The minimum Gasteiger partial charge on any atom is -0.394 e. The molecule has 9 nitrogen and oxygen atoms in total. The summed E-state index contributed by atoms with van der Waals surface area (Å²) in [5.41, 5.74) is 6.72. The molecule has 0 radical (unpaired) electrons. The molecule has 1 saturated heterocycles. The summed E-state index contributed by atoms with van der Waals surface area (Å²) < 4.78 is 6.98. The van der Waals surface area contributed by atoms with Crippen molar-refractivity contribution in [2.24, 2.45) is 0 Å². The summed E-state index contributed by atoms with van der Waals surface area (Å²) in [6.07, 6.45) is -2.31. The molecule has 1 aliphatic heterocycles. The first-order valence-electron chi connectivity index (χ1n) is 6.87. The summed E-state index contributed by atoms with van der Waals surface area (Å²) in [7, 11) is 0. The highest BCUT2D eigenvalue weighted by molar-refractivity contribution is 5.90. The molecule has 6 N–H and O–H groups in total. The zero-order chi connectivity index (χ0) is 16.0. The lowest BCUT2D eigenvalue weighted by molar-refractivity contribution is -0.0510. The van der Waals surface area contributed by atoms with Gasteiger partial charge in [0.05, 0.1) is 18.1 Å². The monoisotopic (exact) mass is 310 g/mol. The molecular formula is C13H18N4O5. The van der Waals surface area contributed by atoms with Crippen LogP contribution in [-0.2, 0) is 4.74 Å². The first-order valence-corrected chi connectivity index (χ1v) is 6.87. The highest BCUT2D eigenvalue weighted by atomic mass is 16.6. The average Bonchev–Trinajstić information content (AvgIpc) is 3.00. The second-order valence-electron chi connectivity index (χ2n) is 5.35. The third kappa shape index (κ3) is 2.14. The Balaban J connectivity index is 2.14. The second-order valence-corrected chi connectivity index (χ2v) is 5.35. The van der Waals surface area contributed by atoms with Crippen molar-refractivity contribution >= 4 is 16.9 Å². The average molecular weight is 310 g/mol. The molecule has 120 valence electrons. The number of nitrogens with zero attached hydrogens (tertiary/aromatic N) is 3. The van der Waals surface area contributed by atoms with E-state index in [1.165, 1.54) is 10.9 Å². The number of nitrogens with two attached hydrogens (primary N) is 1. The van der Waals surface area contributed by atoms with Gasteiger partial charge in [-0.2, -0.15) is 0 Å². The van der Waals surface area contributed by atoms with Gasteiger partial charge in [0, 0.05) is 11.8 Å². The van der Waals surface area contributed by atoms with Crippen molar-refractivity contribution in [3.05, 3.63) is 18.1 Å². The summed E-state index contributed by atoms with van der Waals surface area (Å²) in [6, 6.07) is 0. The minimum absolute atomic E-state index is 0.200. The number of fused-ring (bicyclic) bond motifs is 1. The van der Waals surface area contributed by atoms with Crippen molar-refractivity contribution in [3.63, 3.8) is 0 Å². The molecule has 22 heavy (non-hydrogen) atoms. The quantitative estimate of drug-likeness (QED) is 0.469. The Kier molecular flexibility index (Phi) is 3.75. The van der Waals surface area contributed by atoms with Crippen LogP contribution >= 0.6 is 0 Å². The van der Waals surface area contributed by atoms with Gasteiger partial charge in [0.15, 0.2) is 6.23 Å². The van der Waals surface area contributed by atoms with Crippen molar-refractivity contribution in [3.8, 4) is 0 Å². The molecule has 2 aromatic heterocycles. The van der Waals surface area contributed by atoms with Crippen LogP contribution in [-0.4, -0.2) is 59.9 Å². The number of aliphatic hydroxyl groups excluding tert-OH is 4. The number of hydrogen-bond acceptors (Lipinski definition) is 8. The van der Waals surface area contributed by atoms with Gasteiger partial charge in [-0.15, -0.1) is 0 Å². The van der Waals surface area contributed by atoms with E-state index in [4.69, 9.17) is 10.5 Å². The molecule has 5 atom stereocenters. The zero-order valence-electron chi connectivity index (χ0n) is 11.9. The summed E-state index contributed by atoms with van der Waals surface area (Å²) in [5.74, 6) is 0.200. The fraction of sp³-hybridized carbons (Fsp3) is 0.538. The van der Waals surface area contributed by atoms with Crippen molar-refractivity contribution in [2.75, 3.05) is 12.3 Å². The van der Waals surface area contributed by atoms with Gasteiger partial charge >= 0.3 is 0 Å². The molecule has 1 aliphatic rings. The van der Waals surface area contributed by atoms with E-state index >= 15 is 0 Å². The van der Waals surface area contributed by atoms with Gasteiger partial charge < -0.3 is 35.5 Å². The molecular weight excluding hydrogens is 292 g/mol. The normalized spacial score (nSPS) is 30.0. The number of ether oxygens (including phenoxy) is 1. The van der Waals surface area contributed by atoms with Crippen LogP contribution in [0, 0.1) is 0 Å². The molecule has 2 aromatic rings. The number of rotatable bonds is 3. The maximum Gasteiger partial charge on any atom is 0.164 e. The van der Waals surface area contributed by atoms with Crippen molar-refractivity contribution in [2.45, 2.75) is 37.6 Å². The number of aromatic nitrogens is 3. The third-order valence-corrected chi connectivity index (χ3v) is 3.91. The Labute approximate surface area is 125 Å². The van der Waals surface area contributed by atoms with E-state index in [1.54, 1.807) is 13.1 Å². The number of hydrogen-bond donors (Lipinski definition) is 5. The minimum atomic E-state index is -1.24. The summed E-state index contributed by atoms with van der Waals surface area (Å²) >= 11 is 0. The van der Waals surface area contributed by atoms with Crippen LogP contribution < -0.4 is 5.73 Å². The highest BCUT2D eigenvalue weighted by Gasteiger charge is 2.44. The van der Waals surface area contributed by atoms with Gasteiger partial charge in [-0.3, -0.25) is 0 Å². The topological polar surface area (TPSA) is 147 Å². The fourth-order valence-electron chi connectivity index (χ4n) is 2.76. The Bertz CT molecular complexity index is 688. The molecule has 9 heteroatoms. The Morgan fingerprint density at radius 3 is 2.68 bits per heavy atom. The maximum atomic E-state index is 10.1. The Morgan fingerprint density at radius 2 is 2.09 bits per heavy atom. The predicted octanol–water partition coefficient (Wildman–Crippen LogP) is -1.32. The van der Waals surface area contributed by atoms with Crippen LogP contribution in [0.1, 0.15) is 24.8 Å². The molecule has 1 fully saturated rings. The van der Waals surface area contributed by atoms with Gasteiger partial charge in [-0.05, 0) is 6.92 Å². The van der Waals surface area contributed by atoms with Crippen molar-refractivity contribution < 1.29 is 25.2 Å². The lowest BCUT2D eigenvalue weighted by Crippen LogP contribution is -2.33. The molecule has 0 bridgehead atoms. The third-order valence-electron chi connectivity index (χ3n) is 3.91. The van der Waals surface area contributed by atoms with E-state index in [9.17, 15) is 20.4 Å². The van der Waals surface area contributed by atoms with E-state index in [0.29, 0.717) is 16.6 Å². The summed E-state index contributed by atoms with van der Waals surface area (Å²) in [6.45, 7) is 1.15. The highest BCUT2D eigenvalue weighted by Crippen LogP contribution is 2.36. The van der Waals surface area contributed by atoms with E-state index in [-0.39, 0.29) is 5.82 Å². The van der Waals surface area contributed by atoms with Gasteiger partial charge in [0.25, 0.3) is 0 Å². The molecule has 0 aliphatic carbocycles. The largest absolute Gasteiger partial charge is 0.394 e. The molecule has 3 heterocycles. The van der Waals surface area contributed by atoms with Gasteiger partial charge in [0.1, 0.15) is 36.1 Å². The summed E-state index contributed by atoms with van der Waals surface area (Å²) in [5, 5.41) is 39.6. The standard InChI is InChI=1S/C13H18N4O5/c1-5(19)6-2-17(12-8(6)11(14)15-4-16-12)13-10(21)9(20)7(3-18)22-13/h2,4-5,7,9-10,13,18-21H,3H2,1H3,(H2,14,15,16)/t5?,7-,9-,10-,13-/m1/s1. The molecule has 0 spiro atoms. The Hall–Kier alpha value is -1.78. The molecule has 1 unspecified atom stereocenters. The van der Waals surface area contributed by atoms with Crippen molar-refractivity contribution in [1.82, 2.24) is 14.5 Å². The van der Waals surface area contributed by atoms with Gasteiger partial charge in [-0.25, -0.2) is 9.97 Å². The summed E-state index contributed by atoms with van der Waals surface area (Å²) in [4.78, 5) is 8.03. The van der Waals surface area contributed by atoms with Crippen LogP contribution in [0.5, 0.6) is 0 Å². The number of nitrogen functional groups attached to an aromatic ring is 1. The van der Waals surface area contributed by atoms with E-state index < -0.39 is 37.3 Å². The SMILES string of the molecule is CC(O)c1cn([C@@H]2O[C@H](CO)[C@@H](O)[C@H]2O)c2ncnc(N)c12. The van der Waals surface area contributed by atoms with E-state index in [1.807, 2.05) is 0 Å². The van der Waals surface area contributed by atoms with Gasteiger partial charge in [-0.1, -0.05) is 0 Å². The van der Waals surface area contributed by atoms with Crippen LogP contribution in [0.4, 0.5) is 5.82 Å². The maximum absolute atomic E-state index is 10.1. The smallest absolute Gasteiger partial charge is 0.164 e.